The second-order valence-corrected chi connectivity index (χ2v) is 6.76. The summed E-state index contributed by atoms with van der Waals surface area (Å²) in [7, 11) is 1.28. The zero-order valence-corrected chi connectivity index (χ0v) is 14.9. The van der Waals surface area contributed by atoms with E-state index in [1.54, 1.807) is 18.2 Å². The molecule has 7 heteroatoms. The number of carbonyl (C=O) groups excluding carboxylic acids is 2. The molecule has 2 aromatic rings. The summed E-state index contributed by atoms with van der Waals surface area (Å²) >= 11 is 1.51. The molecule has 0 spiro atoms. The van der Waals surface area contributed by atoms with Gasteiger partial charge in [-0.05, 0) is 29.7 Å². The number of ether oxygens (including phenoxy) is 2. The third-order valence-corrected chi connectivity index (χ3v) is 4.92. The Balaban J connectivity index is 1.73. The molecule has 0 radical (unpaired) electrons. The average Bonchev–Trinajstić information content (AvgIpc) is 3.31. The predicted octanol–water partition coefficient (Wildman–Crippen LogP) is 3.12. The van der Waals surface area contributed by atoms with Crippen molar-refractivity contribution < 1.29 is 23.5 Å². The highest BCUT2D eigenvalue weighted by Gasteiger charge is 2.41. The lowest BCUT2D eigenvalue weighted by Crippen LogP contribution is -2.40. The first kappa shape index (κ1) is 18.1. The summed E-state index contributed by atoms with van der Waals surface area (Å²) in [6, 6.07) is 9.08. The quantitative estimate of drug-likeness (QED) is 0.595. The molecule has 3 rings (SSSR count). The Morgan fingerprint density at radius 1 is 1.27 bits per heavy atom. The zero-order valence-electron chi connectivity index (χ0n) is 14.1. The second-order valence-electron chi connectivity index (χ2n) is 5.78. The molecule has 1 fully saturated rings. The highest BCUT2D eigenvalue weighted by molar-refractivity contribution is 7.10. The van der Waals surface area contributed by atoms with Gasteiger partial charge in [-0.3, -0.25) is 4.79 Å². The number of thiophene rings is 1. The largest absolute Gasteiger partial charge is 0.485 e. The van der Waals surface area contributed by atoms with Crippen LogP contribution in [0.5, 0.6) is 5.75 Å². The zero-order chi connectivity index (χ0) is 18.5. The van der Waals surface area contributed by atoms with Crippen molar-refractivity contribution in [3.63, 3.8) is 0 Å². The lowest BCUT2D eigenvalue weighted by molar-refractivity contribution is -0.149. The molecule has 1 saturated heterocycles. The lowest BCUT2D eigenvalue weighted by atomic mass is 10.2. The van der Waals surface area contributed by atoms with E-state index in [-0.39, 0.29) is 24.6 Å². The van der Waals surface area contributed by atoms with Crippen molar-refractivity contribution in [3.8, 4) is 5.75 Å². The molecule has 0 aliphatic carbocycles. The summed E-state index contributed by atoms with van der Waals surface area (Å²) in [6.07, 6.45) is 2.88. The molecule has 1 amide bonds. The van der Waals surface area contributed by atoms with Crippen LogP contribution in [0.3, 0.4) is 0 Å². The first-order valence-corrected chi connectivity index (χ1v) is 8.97. The van der Waals surface area contributed by atoms with Gasteiger partial charge in [-0.1, -0.05) is 18.2 Å². The Morgan fingerprint density at radius 3 is 2.77 bits per heavy atom. The molecule has 136 valence electrons. The van der Waals surface area contributed by atoms with E-state index >= 15 is 0 Å². The number of nitrogens with zero attached hydrogens (tertiary/aromatic N) is 1. The van der Waals surface area contributed by atoms with E-state index in [1.165, 1.54) is 41.6 Å². The van der Waals surface area contributed by atoms with Crippen molar-refractivity contribution in [2.24, 2.45) is 0 Å². The van der Waals surface area contributed by atoms with Gasteiger partial charge in [0.2, 0.25) is 5.91 Å². The summed E-state index contributed by atoms with van der Waals surface area (Å²) in [5.74, 6) is -1.20. The molecule has 1 aromatic carbocycles. The number of hydrogen-bond donors (Lipinski definition) is 0. The number of benzene rings is 1. The number of methoxy groups -OCH3 is 1. The van der Waals surface area contributed by atoms with Crippen LogP contribution >= 0.6 is 11.3 Å². The van der Waals surface area contributed by atoms with Gasteiger partial charge in [-0.2, -0.15) is 0 Å². The Kier molecular flexibility index (Phi) is 5.68. The maximum atomic E-state index is 13.8. The van der Waals surface area contributed by atoms with E-state index in [1.807, 2.05) is 17.5 Å². The van der Waals surface area contributed by atoms with Crippen LogP contribution in [-0.2, 0) is 14.3 Å². The minimum Gasteiger partial charge on any atom is -0.485 e. The number of hydrogen-bond acceptors (Lipinski definition) is 5. The standard InChI is InChI=1S/C19H18FNO4S/c1-24-19(23)16-11-13(25-17-7-3-2-6-15(17)20)12-21(16)18(22)9-8-14-5-4-10-26-14/h2-10,13,16H,11-12H2,1H3. The highest BCUT2D eigenvalue weighted by Crippen LogP contribution is 2.26. The maximum Gasteiger partial charge on any atom is 0.328 e. The summed E-state index contributed by atoms with van der Waals surface area (Å²) in [5, 5.41) is 1.91. The van der Waals surface area contributed by atoms with Gasteiger partial charge in [0, 0.05) is 17.4 Å². The normalized spacial score (nSPS) is 19.7. The van der Waals surface area contributed by atoms with E-state index in [9.17, 15) is 14.0 Å². The van der Waals surface area contributed by atoms with Crippen LogP contribution in [-0.4, -0.2) is 42.6 Å². The number of esters is 1. The van der Waals surface area contributed by atoms with E-state index in [2.05, 4.69) is 0 Å². The molecular weight excluding hydrogens is 357 g/mol. The molecule has 2 atom stereocenters. The van der Waals surface area contributed by atoms with Gasteiger partial charge < -0.3 is 14.4 Å². The van der Waals surface area contributed by atoms with E-state index < -0.39 is 23.9 Å². The van der Waals surface area contributed by atoms with Crippen LogP contribution in [0.15, 0.2) is 47.9 Å². The van der Waals surface area contributed by atoms with Gasteiger partial charge in [0.15, 0.2) is 11.6 Å². The molecule has 1 aromatic heterocycles. The van der Waals surface area contributed by atoms with Gasteiger partial charge in [-0.15, -0.1) is 11.3 Å². The molecule has 5 nitrogen and oxygen atoms in total. The molecule has 2 heterocycles. The minimum atomic E-state index is -0.753. The Labute approximate surface area is 154 Å². The summed E-state index contributed by atoms with van der Waals surface area (Å²) in [4.78, 5) is 26.9. The van der Waals surface area contributed by atoms with Crippen LogP contribution in [0.1, 0.15) is 11.3 Å². The average molecular weight is 375 g/mol. The fourth-order valence-corrected chi connectivity index (χ4v) is 3.46. The molecule has 0 saturated carbocycles. The predicted molar refractivity (Wildman–Crippen MR) is 96.3 cm³/mol. The minimum absolute atomic E-state index is 0.101. The van der Waals surface area contributed by atoms with Crippen LogP contribution in [0.25, 0.3) is 6.08 Å². The summed E-state index contributed by atoms with van der Waals surface area (Å²) in [5.41, 5.74) is 0. The van der Waals surface area contributed by atoms with Gasteiger partial charge in [0.25, 0.3) is 0 Å². The van der Waals surface area contributed by atoms with Crippen LogP contribution < -0.4 is 4.74 Å². The number of rotatable bonds is 5. The van der Waals surface area contributed by atoms with Crippen LogP contribution in [0.2, 0.25) is 0 Å². The number of amides is 1. The number of likely N-dealkylation sites (tertiary alicyclic amines) is 1. The van der Waals surface area contributed by atoms with E-state index in [0.29, 0.717) is 0 Å². The molecule has 1 aliphatic heterocycles. The first-order chi connectivity index (χ1) is 12.6. The third kappa shape index (κ3) is 4.11. The molecule has 1 aliphatic rings. The first-order valence-electron chi connectivity index (χ1n) is 8.09. The fourth-order valence-electron chi connectivity index (χ4n) is 2.84. The number of halogens is 1. The second kappa shape index (κ2) is 8.14. The Hall–Kier alpha value is -2.67. The van der Waals surface area contributed by atoms with Crippen molar-refractivity contribution in [2.45, 2.75) is 18.6 Å². The Morgan fingerprint density at radius 2 is 2.08 bits per heavy atom. The maximum absolute atomic E-state index is 13.8. The van der Waals surface area contributed by atoms with E-state index in [4.69, 9.17) is 9.47 Å². The van der Waals surface area contributed by atoms with Crippen molar-refractivity contribution in [1.82, 2.24) is 4.90 Å². The molecule has 0 N–H and O–H groups in total. The summed E-state index contributed by atoms with van der Waals surface area (Å²) in [6.45, 7) is 0.182. The molecular formula is C19H18FNO4S. The third-order valence-electron chi connectivity index (χ3n) is 4.08. The number of carbonyl (C=O) groups is 2. The summed E-state index contributed by atoms with van der Waals surface area (Å²) < 4.78 is 24.3. The van der Waals surface area contributed by atoms with Gasteiger partial charge in [0.1, 0.15) is 12.1 Å². The monoisotopic (exact) mass is 375 g/mol. The lowest BCUT2D eigenvalue weighted by Gasteiger charge is -2.20. The van der Waals surface area contributed by atoms with Crippen molar-refractivity contribution in [3.05, 3.63) is 58.5 Å². The van der Waals surface area contributed by atoms with E-state index in [0.717, 1.165) is 4.88 Å². The topological polar surface area (TPSA) is 55.8 Å². The molecule has 26 heavy (non-hydrogen) atoms. The van der Waals surface area contributed by atoms with Gasteiger partial charge in [-0.25, -0.2) is 9.18 Å². The highest BCUT2D eigenvalue weighted by atomic mass is 32.1. The van der Waals surface area contributed by atoms with Crippen molar-refractivity contribution >= 4 is 29.3 Å². The molecule has 2 unspecified atom stereocenters. The fraction of sp³-hybridized carbons (Fsp3) is 0.263. The van der Waals surface area contributed by atoms with Crippen molar-refractivity contribution in [1.29, 1.82) is 0 Å². The molecule has 0 bridgehead atoms. The van der Waals surface area contributed by atoms with Gasteiger partial charge in [0.05, 0.1) is 13.7 Å². The van der Waals surface area contributed by atoms with Gasteiger partial charge >= 0.3 is 5.97 Å². The van der Waals surface area contributed by atoms with Crippen LogP contribution in [0.4, 0.5) is 4.39 Å². The smallest absolute Gasteiger partial charge is 0.328 e. The van der Waals surface area contributed by atoms with Crippen molar-refractivity contribution in [2.75, 3.05) is 13.7 Å². The van der Waals surface area contributed by atoms with Crippen LogP contribution in [0, 0.1) is 5.82 Å². The Bertz CT molecular complexity index is 806. The SMILES string of the molecule is COC(=O)C1CC(Oc2ccccc2F)CN1C(=O)C=Cc1cccs1. The number of para-hydroxylation sites is 1.